The van der Waals surface area contributed by atoms with Crippen molar-refractivity contribution in [3.8, 4) is 5.75 Å². The molecule has 1 aliphatic rings. The Bertz CT molecular complexity index is 682. The zero-order chi connectivity index (χ0) is 16.8. The van der Waals surface area contributed by atoms with Gasteiger partial charge >= 0.3 is 6.03 Å². The molecule has 0 bridgehead atoms. The van der Waals surface area contributed by atoms with Crippen molar-refractivity contribution in [2.24, 2.45) is 0 Å². The summed E-state index contributed by atoms with van der Waals surface area (Å²) in [6.07, 6.45) is 0. The van der Waals surface area contributed by atoms with Gasteiger partial charge in [0.05, 0.1) is 18.9 Å². The molecule has 5 heteroatoms. The molecule has 1 saturated heterocycles. The van der Waals surface area contributed by atoms with Crippen LogP contribution in [0.3, 0.4) is 0 Å². The highest BCUT2D eigenvalue weighted by atomic mass is 16.5. The molecule has 1 N–H and O–H groups in total. The molecule has 2 amide bonds. The number of nitrogens with zero attached hydrogens (tertiary/aromatic N) is 1. The maximum atomic E-state index is 12.4. The predicted octanol–water partition coefficient (Wildman–Crippen LogP) is 3.44. The third-order valence-corrected chi connectivity index (χ3v) is 3.91. The van der Waals surface area contributed by atoms with Crippen molar-refractivity contribution in [1.29, 1.82) is 0 Å². The van der Waals surface area contributed by atoms with Gasteiger partial charge in [0.1, 0.15) is 12.4 Å². The van der Waals surface area contributed by atoms with Crippen molar-refractivity contribution in [3.63, 3.8) is 0 Å². The van der Waals surface area contributed by atoms with Gasteiger partial charge in [-0.3, -0.25) is 0 Å². The van der Waals surface area contributed by atoms with Crippen molar-refractivity contribution < 1.29 is 14.3 Å². The molecule has 1 heterocycles. The van der Waals surface area contributed by atoms with E-state index in [0.29, 0.717) is 44.3 Å². The number of aryl methyl sites for hydroxylation is 1. The number of nitrogens with one attached hydrogen (secondary N) is 1. The molecule has 0 radical (unpaired) electrons. The van der Waals surface area contributed by atoms with E-state index in [1.165, 1.54) is 0 Å². The first-order chi connectivity index (χ1) is 11.7. The molecular weight excluding hydrogens is 304 g/mol. The number of urea groups is 1. The number of anilines is 1. The van der Waals surface area contributed by atoms with Crippen molar-refractivity contribution >= 4 is 11.7 Å². The van der Waals surface area contributed by atoms with Crippen LogP contribution in [0.4, 0.5) is 10.5 Å². The first-order valence-corrected chi connectivity index (χ1v) is 8.13. The highest BCUT2D eigenvalue weighted by molar-refractivity contribution is 5.91. The summed E-state index contributed by atoms with van der Waals surface area (Å²) in [5.41, 5.74) is 2.86. The van der Waals surface area contributed by atoms with E-state index in [1.807, 2.05) is 55.5 Å². The number of benzene rings is 2. The minimum absolute atomic E-state index is 0.119. The fourth-order valence-corrected chi connectivity index (χ4v) is 2.55. The van der Waals surface area contributed by atoms with Crippen LogP contribution in [0.1, 0.15) is 11.1 Å². The zero-order valence-corrected chi connectivity index (χ0v) is 13.8. The first-order valence-electron chi connectivity index (χ1n) is 8.13. The molecule has 24 heavy (non-hydrogen) atoms. The van der Waals surface area contributed by atoms with E-state index in [1.54, 1.807) is 4.90 Å². The largest absolute Gasteiger partial charge is 0.487 e. The number of hydrogen-bond acceptors (Lipinski definition) is 3. The van der Waals surface area contributed by atoms with E-state index in [2.05, 4.69) is 5.32 Å². The Hall–Kier alpha value is -2.53. The van der Waals surface area contributed by atoms with Gasteiger partial charge in [0.15, 0.2) is 0 Å². The summed E-state index contributed by atoms with van der Waals surface area (Å²) in [6, 6.07) is 15.6. The monoisotopic (exact) mass is 326 g/mol. The highest BCUT2D eigenvalue weighted by Gasteiger charge is 2.18. The molecule has 0 spiro atoms. The first kappa shape index (κ1) is 16.3. The van der Waals surface area contributed by atoms with Gasteiger partial charge in [-0.2, -0.15) is 0 Å². The second-order valence-electron chi connectivity index (χ2n) is 5.80. The number of hydrogen-bond donors (Lipinski definition) is 1. The van der Waals surface area contributed by atoms with Crippen molar-refractivity contribution in [2.75, 3.05) is 31.6 Å². The Morgan fingerprint density at radius 1 is 1.17 bits per heavy atom. The summed E-state index contributed by atoms with van der Waals surface area (Å²) >= 11 is 0. The van der Waals surface area contributed by atoms with E-state index in [0.717, 1.165) is 11.1 Å². The summed E-state index contributed by atoms with van der Waals surface area (Å²) in [7, 11) is 0. The summed E-state index contributed by atoms with van der Waals surface area (Å²) in [5.74, 6) is 0.681. The van der Waals surface area contributed by atoms with Gasteiger partial charge in [-0.05, 0) is 30.2 Å². The van der Waals surface area contributed by atoms with Crippen LogP contribution < -0.4 is 10.1 Å². The maximum Gasteiger partial charge on any atom is 0.322 e. The lowest BCUT2D eigenvalue weighted by Gasteiger charge is -2.27. The fourth-order valence-electron chi connectivity index (χ4n) is 2.55. The van der Waals surface area contributed by atoms with Gasteiger partial charge in [-0.25, -0.2) is 4.79 Å². The van der Waals surface area contributed by atoms with Crippen LogP contribution in [-0.4, -0.2) is 37.2 Å². The van der Waals surface area contributed by atoms with Crippen molar-refractivity contribution in [3.05, 3.63) is 59.7 Å². The molecule has 3 rings (SSSR count). The SMILES string of the molecule is Cc1ccc(NC(=O)N2CCOCC2)c(OCc2ccccc2)c1. The van der Waals surface area contributed by atoms with E-state index in [9.17, 15) is 4.79 Å². The predicted molar refractivity (Wildman–Crippen MR) is 93.4 cm³/mol. The van der Waals surface area contributed by atoms with E-state index in [-0.39, 0.29) is 6.03 Å². The Morgan fingerprint density at radius 3 is 2.67 bits per heavy atom. The molecule has 0 atom stereocenters. The van der Waals surface area contributed by atoms with Gasteiger partial charge in [-0.1, -0.05) is 36.4 Å². The molecule has 2 aromatic rings. The molecule has 0 saturated carbocycles. The molecule has 1 fully saturated rings. The maximum absolute atomic E-state index is 12.4. The van der Waals surface area contributed by atoms with E-state index < -0.39 is 0 Å². The lowest BCUT2D eigenvalue weighted by atomic mass is 10.2. The average Bonchev–Trinajstić information content (AvgIpc) is 2.63. The molecule has 0 aliphatic carbocycles. The van der Waals surface area contributed by atoms with Crippen molar-refractivity contribution in [1.82, 2.24) is 4.90 Å². The number of carbonyl (C=O) groups is 1. The fraction of sp³-hybridized carbons (Fsp3) is 0.316. The second kappa shape index (κ2) is 7.84. The van der Waals surface area contributed by atoms with Crippen LogP contribution >= 0.6 is 0 Å². The smallest absolute Gasteiger partial charge is 0.322 e. The van der Waals surface area contributed by atoms with Gasteiger partial charge in [0, 0.05) is 13.1 Å². The minimum Gasteiger partial charge on any atom is -0.487 e. The quantitative estimate of drug-likeness (QED) is 0.936. The topological polar surface area (TPSA) is 50.8 Å². The van der Waals surface area contributed by atoms with Gasteiger partial charge in [0.2, 0.25) is 0 Å². The Labute approximate surface area is 142 Å². The molecule has 0 aromatic heterocycles. The third kappa shape index (κ3) is 4.26. The van der Waals surface area contributed by atoms with Crippen LogP contribution in [0.5, 0.6) is 5.75 Å². The molecule has 126 valence electrons. The van der Waals surface area contributed by atoms with Crippen molar-refractivity contribution in [2.45, 2.75) is 13.5 Å². The lowest BCUT2D eigenvalue weighted by Crippen LogP contribution is -2.43. The number of carbonyl (C=O) groups excluding carboxylic acids is 1. The van der Waals surface area contributed by atoms with E-state index in [4.69, 9.17) is 9.47 Å². The summed E-state index contributed by atoms with van der Waals surface area (Å²) < 4.78 is 11.2. The summed E-state index contributed by atoms with van der Waals surface area (Å²) in [4.78, 5) is 14.1. The lowest BCUT2D eigenvalue weighted by molar-refractivity contribution is 0.0564. The minimum atomic E-state index is -0.119. The second-order valence-corrected chi connectivity index (χ2v) is 5.80. The molecule has 2 aromatic carbocycles. The summed E-state index contributed by atoms with van der Waals surface area (Å²) in [6.45, 7) is 4.85. The van der Waals surface area contributed by atoms with Crippen LogP contribution in [0.2, 0.25) is 0 Å². The Balaban J connectivity index is 1.69. The van der Waals surface area contributed by atoms with Gasteiger partial charge in [0.25, 0.3) is 0 Å². The summed E-state index contributed by atoms with van der Waals surface area (Å²) in [5, 5.41) is 2.95. The average molecular weight is 326 g/mol. The van der Waals surface area contributed by atoms with E-state index >= 15 is 0 Å². The highest BCUT2D eigenvalue weighted by Crippen LogP contribution is 2.27. The Morgan fingerprint density at radius 2 is 1.92 bits per heavy atom. The number of ether oxygens (including phenoxy) is 2. The van der Waals surface area contributed by atoms with Crippen LogP contribution in [0.15, 0.2) is 48.5 Å². The van der Waals surface area contributed by atoms with Crippen LogP contribution in [0, 0.1) is 6.92 Å². The van der Waals surface area contributed by atoms with Gasteiger partial charge < -0.3 is 19.7 Å². The molecule has 1 aliphatic heterocycles. The molecule has 0 unspecified atom stereocenters. The standard InChI is InChI=1S/C19H22N2O3/c1-15-7-8-17(20-19(22)21-9-11-23-12-10-21)18(13-15)24-14-16-5-3-2-4-6-16/h2-8,13H,9-12,14H2,1H3,(H,20,22). The number of rotatable bonds is 4. The van der Waals surface area contributed by atoms with Crippen LogP contribution in [-0.2, 0) is 11.3 Å². The number of amides is 2. The van der Waals surface area contributed by atoms with Crippen LogP contribution in [0.25, 0.3) is 0 Å². The van der Waals surface area contributed by atoms with Gasteiger partial charge in [-0.15, -0.1) is 0 Å². The molecule has 5 nitrogen and oxygen atoms in total. The number of morpholine rings is 1. The Kier molecular flexibility index (Phi) is 5.33. The molecular formula is C19H22N2O3. The zero-order valence-electron chi connectivity index (χ0n) is 13.8. The third-order valence-electron chi connectivity index (χ3n) is 3.91. The normalized spacial score (nSPS) is 14.3.